The van der Waals surface area contributed by atoms with E-state index in [2.05, 4.69) is 11.8 Å². The summed E-state index contributed by atoms with van der Waals surface area (Å²) in [6.07, 6.45) is 0. The molecule has 6 heteroatoms. The Labute approximate surface area is 177 Å². The molecule has 152 valence electrons. The van der Waals surface area contributed by atoms with Gasteiger partial charge in [0.25, 0.3) is 10.0 Å². The van der Waals surface area contributed by atoms with Crippen molar-refractivity contribution in [1.82, 2.24) is 0 Å². The molecule has 0 unspecified atom stereocenters. The van der Waals surface area contributed by atoms with Gasteiger partial charge < -0.3 is 4.74 Å². The molecule has 0 N–H and O–H groups in total. The first-order chi connectivity index (χ1) is 14.4. The molecule has 0 aromatic heterocycles. The van der Waals surface area contributed by atoms with Crippen LogP contribution in [0.2, 0.25) is 0 Å². The van der Waals surface area contributed by atoms with Crippen LogP contribution in [0.5, 0.6) is 0 Å². The topological polar surface area (TPSA) is 63.7 Å². The van der Waals surface area contributed by atoms with Crippen molar-refractivity contribution in [3.05, 3.63) is 95.6 Å². The lowest BCUT2D eigenvalue weighted by Crippen LogP contribution is -2.31. The molecular formula is C24H21NO4S. The number of carbonyl (C=O) groups excluding carboxylic acids is 1. The molecule has 0 saturated heterocycles. The maximum absolute atomic E-state index is 13.3. The van der Waals surface area contributed by atoms with Crippen molar-refractivity contribution in [2.45, 2.75) is 11.8 Å². The second-order valence-electron chi connectivity index (χ2n) is 6.53. The van der Waals surface area contributed by atoms with Crippen molar-refractivity contribution >= 4 is 21.7 Å². The average molecular weight is 420 g/mol. The molecule has 3 rings (SSSR count). The Hall–Kier alpha value is -3.56. The maximum Gasteiger partial charge on any atom is 0.337 e. The monoisotopic (exact) mass is 419 g/mol. The van der Waals surface area contributed by atoms with Crippen LogP contribution in [0.1, 0.15) is 21.5 Å². The number of ether oxygens (including phenoxy) is 1. The van der Waals surface area contributed by atoms with Crippen molar-refractivity contribution < 1.29 is 17.9 Å². The standard InChI is InChI=1S/C24H21NO4S/c1-19-10-16-23(17-11-19)30(27,28)25(18-6-9-20-7-4-3-5-8-20)22-14-12-21(13-15-22)24(26)29-2/h3-5,7-8,10-17H,18H2,1-2H3. The first-order valence-corrected chi connectivity index (χ1v) is 10.7. The summed E-state index contributed by atoms with van der Waals surface area (Å²) in [6.45, 7) is 1.85. The zero-order chi connectivity index (χ0) is 21.6. The molecule has 0 amide bonds. The highest BCUT2D eigenvalue weighted by Crippen LogP contribution is 2.24. The third kappa shape index (κ3) is 4.88. The van der Waals surface area contributed by atoms with Gasteiger partial charge in [-0.2, -0.15) is 0 Å². The number of sulfonamides is 1. The summed E-state index contributed by atoms with van der Waals surface area (Å²) in [5.74, 6) is 5.44. The van der Waals surface area contributed by atoms with Crippen LogP contribution < -0.4 is 4.31 Å². The zero-order valence-corrected chi connectivity index (χ0v) is 17.5. The molecule has 0 aliphatic rings. The molecule has 3 aromatic rings. The van der Waals surface area contributed by atoms with E-state index in [0.717, 1.165) is 11.1 Å². The van der Waals surface area contributed by atoms with Gasteiger partial charge in [0.2, 0.25) is 0 Å². The second kappa shape index (κ2) is 9.29. The number of carbonyl (C=O) groups is 1. The molecule has 0 aliphatic heterocycles. The molecule has 0 bridgehead atoms. The summed E-state index contributed by atoms with van der Waals surface area (Å²) in [5.41, 5.74) is 2.51. The van der Waals surface area contributed by atoms with Crippen molar-refractivity contribution in [2.24, 2.45) is 0 Å². The van der Waals surface area contributed by atoms with Crippen LogP contribution in [0.15, 0.2) is 83.8 Å². The van der Waals surface area contributed by atoms with Crippen molar-refractivity contribution in [3.63, 3.8) is 0 Å². The fourth-order valence-electron chi connectivity index (χ4n) is 2.77. The van der Waals surface area contributed by atoms with Gasteiger partial charge in [-0.3, -0.25) is 4.31 Å². The Morgan fingerprint density at radius 1 is 0.933 bits per heavy atom. The summed E-state index contributed by atoms with van der Waals surface area (Å²) in [6, 6.07) is 22.2. The first-order valence-electron chi connectivity index (χ1n) is 9.23. The Bertz CT molecular complexity index is 1170. The number of hydrogen-bond acceptors (Lipinski definition) is 4. The SMILES string of the molecule is COC(=O)c1ccc(N(CC#Cc2ccccc2)S(=O)(=O)c2ccc(C)cc2)cc1. The maximum atomic E-state index is 13.3. The lowest BCUT2D eigenvalue weighted by molar-refractivity contribution is 0.0600. The number of anilines is 1. The summed E-state index contributed by atoms with van der Waals surface area (Å²) in [7, 11) is -2.55. The van der Waals surface area contributed by atoms with Gasteiger partial charge in [0.15, 0.2) is 0 Å². The van der Waals surface area contributed by atoms with Gasteiger partial charge in [0.05, 0.1) is 29.8 Å². The van der Waals surface area contributed by atoms with E-state index in [-0.39, 0.29) is 11.4 Å². The van der Waals surface area contributed by atoms with E-state index in [1.807, 2.05) is 37.3 Å². The van der Waals surface area contributed by atoms with E-state index < -0.39 is 16.0 Å². The Morgan fingerprint density at radius 3 is 2.17 bits per heavy atom. The fraction of sp³-hybridized carbons (Fsp3) is 0.125. The molecule has 30 heavy (non-hydrogen) atoms. The highest BCUT2D eigenvalue weighted by molar-refractivity contribution is 7.92. The number of benzene rings is 3. The normalized spacial score (nSPS) is 10.6. The van der Waals surface area contributed by atoms with Gasteiger partial charge in [-0.15, -0.1) is 0 Å². The molecule has 0 aliphatic carbocycles. The molecule has 0 fully saturated rings. The number of hydrogen-bond donors (Lipinski definition) is 0. The summed E-state index contributed by atoms with van der Waals surface area (Å²) < 4.78 is 32.6. The molecule has 5 nitrogen and oxygen atoms in total. The molecule has 0 saturated carbocycles. The van der Waals surface area contributed by atoms with Gasteiger partial charge in [0, 0.05) is 5.56 Å². The minimum absolute atomic E-state index is 0.0390. The number of aryl methyl sites for hydroxylation is 1. The van der Waals surface area contributed by atoms with Crippen LogP contribution >= 0.6 is 0 Å². The van der Waals surface area contributed by atoms with Crippen molar-refractivity contribution in [2.75, 3.05) is 18.0 Å². The van der Waals surface area contributed by atoms with Crippen LogP contribution in [-0.4, -0.2) is 28.0 Å². The summed E-state index contributed by atoms with van der Waals surface area (Å²) in [5, 5.41) is 0. The van der Waals surface area contributed by atoms with Crippen LogP contribution in [0.25, 0.3) is 0 Å². The molecule has 0 spiro atoms. The van der Waals surface area contributed by atoms with Gasteiger partial charge in [0.1, 0.15) is 0 Å². The lowest BCUT2D eigenvalue weighted by Gasteiger charge is -2.22. The minimum Gasteiger partial charge on any atom is -0.465 e. The Balaban J connectivity index is 1.99. The Morgan fingerprint density at radius 2 is 1.57 bits per heavy atom. The van der Waals surface area contributed by atoms with Gasteiger partial charge in [-0.05, 0) is 55.5 Å². The molecule has 0 atom stereocenters. The molecule has 0 radical (unpaired) electrons. The lowest BCUT2D eigenvalue weighted by atomic mass is 10.2. The second-order valence-corrected chi connectivity index (χ2v) is 8.39. The third-order valence-electron chi connectivity index (χ3n) is 4.41. The van der Waals surface area contributed by atoms with Crippen molar-refractivity contribution in [1.29, 1.82) is 0 Å². The fourth-order valence-corrected chi connectivity index (χ4v) is 4.14. The van der Waals surface area contributed by atoms with Gasteiger partial charge in [-0.1, -0.05) is 47.7 Å². The number of esters is 1. The van der Waals surface area contributed by atoms with E-state index in [0.29, 0.717) is 11.3 Å². The Kier molecular flexibility index (Phi) is 6.55. The first kappa shape index (κ1) is 21.2. The smallest absolute Gasteiger partial charge is 0.337 e. The van der Waals surface area contributed by atoms with Gasteiger partial charge in [-0.25, -0.2) is 13.2 Å². The van der Waals surface area contributed by atoms with Crippen LogP contribution in [0.3, 0.4) is 0 Å². The van der Waals surface area contributed by atoms with Crippen molar-refractivity contribution in [3.8, 4) is 11.8 Å². The van der Waals surface area contributed by atoms with E-state index in [4.69, 9.17) is 4.74 Å². The van der Waals surface area contributed by atoms with Crippen LogP contribution in [-0.2, 0) is 14.8 Å². The number of rotatable bonds is 5. The summed E-state index contributed by atoms with van der Waals surface area (Å²) in [4.78, 5) is 11.9. The van der Waals surface area contributed by atoms with Gasteiger partial charge >= 0.3 is 5.97 Å². The molecule has 0 heterocycles. The van der Waals surface area contributed by atoms with E-state index in [1.165, 1.54) is 23.5 Å². The van der Waals surface area contributed by atoms with E-state index in [1.54, 1.807) is 36.4 Å². The highest BCUT2D eigenvalue weighted by atomic mass is 32.2. The largest absolute Gasteiger partial charge is 0.465 e. The average Bonchev–Trinajstić information content (AvgIpc) is 2.77. The van der Waals surface area contributed by atoms with Crippen LogP contribution in [0.4, 0.5) is 5.69 Å². The molecule has 3 aromatic carbocycles. The number of methoxy groups -OCH3 is 1. The van der Waals surface area contributed by atoms with E-state index >= 15 is 0 Å². The minimum atomic E-state index is -3.85. The third-order valence-corrected chi connectivity index (χ3v) is 6.20. The quantitative estimate of drug-likeness (QED) is 0.463. The predicted molar refractivity (Wildman–Crippen MR) is 117 cm³/mol. The van der Waals surface area contributed by atoms with Crippen LogP contribution in [0, 0.1) is 18.8 Å². The molecular weight excluding hydrogens is 398 g/mol. The summed E-state index contributed by atoms with van der Waals surface area (Å²) >= 11 is 0. The van der Waals surface area contributed by atoms with E-state index in [9.17, 15) is 13.2 Å². The number of nitrogens with zero attached hydrogens (tertiary/aromatic N) is 1. The predicted octanol–water partition coefficient (Wildman–Crippen LogP) is 4.03. The highest BCUT2D eigenvalue weighted by Gasteiger charge is 2.24. The zero-order valence-electron chi connectivity index (χ0n) is 16.7.